The minimum Gasteiger partial charge on any atom is -0.453 e. The van der Waals surface area contributed by atoms with Crippen LogP contribution in [0.2, 0.25) is 0 Å². The van der Waals surface area contributed by atoms with Gasteiger partial charge in [0.05, 0.1) is 18.5 Å². The summed E-state index contributed by atoms with van der Waals surface area (Å²) in [6.45, 7) is 4.74. The second kappa shape index (κ2) is 10.6. The number of benzene rings is 1. The molecule has 8 nitrogen and oxygen atoms in total. The average Bonchev–Trinajstić information content (AvgIpc) is 3.23. The van der Waals surface area contributed by atoms with Gasteiger partial charge < -0.3 is 20.3 Å². The first-order valence-corrected chi connectivity index (χ1v) is 10.3. The minimum atomic E-state index is -0.269. The highest BCUT2D eigenvalue weighted by molar-refractivity contribution is 5.80. The maximum absolute atomic E-state index is 13.1. The maximum Gasteiger partial charge on any atom is 0.409 e. The molecular formula is C21H29FN6O2. The van der Waals surface area contributed by atoms with Gasteiger partial charge in [-0.25, -0.2) is 13.9 Å². The van der Waals surface area contributed by atoms with Crippen molar-refractivity contribution in [2.45, 2.75) is 32.2 Å². The van der Waals surface area contributed by atoms with Gasteiger partial charge in [0.1, 0.15) is 5.82 Å². The Balaban J connectivity index is 1.50. The highest BCUT2D eigenvalue weighted by Crippen LogP contribution is 2.12. The lowest BCUT2D eigenvalue weighted by molar-refractivity contribution is 0.111. The summed E-state index contributed by atoms with van der Waals surface area (Å²) in [7, 11) is 1.41. The summed E-state index contributed by atoms with van der Waals surface area (Å²) in [6.07, 6.45) is 3.99. The molecule has 2 N–H and O–H groups in total. The van der Waals surface area contributed by atoms with Crippen LogP contribution in [0.3, 0.4) is 0 Å². The van der Waals surface area contributed by atoms with Crippen molar-refractivity contribution < 1.29 is 13.9 Å². The summed E-state index contributed by atoms with van der Waals surface area (Å²) in [5.41, 5.74) is 1.74. The normalized spacial score (nSPS) is 15.2. The van der Waals surface area contributed by atoms with E-state index in [-0.39, 0.29) is 18.0 Å². The quantitative estimate of drug-likeness (QED) is 0.558. The number of likely N-dealkylation sites (tertiary alicyclic amines) is 1. The SMILES string of the molecule is CCNC(=NCCc1ccn(-c2ccc(F)cc2)n1)NC1CCN(C(=O)OC)CC1. The molecule has 3 rings (SSSR count). The standard InChI is InChI=1S/C21H29FN6O2/c1-3-23-20(25-17-9-13-27(14-10-17)21(29)30-2)24-12-8-18-11-15-28(26-18)19-6-4-16(22)5-7-19/h4-7,11,15,17H,3,8-10,12-14H2,1-2H3,(H2,23,24,25). The van der Waals surface area contributed by atoms with Crippen molar-refractivity contribution in [3.05, 3.63) is 48.0 Å². The first-order chi connectivity index (χ1) is 14.6. The van der Waals surface area contributed by atoms with Crippen LogP contribution >= 0.6 is 0 Å². The molecule has 9 heteroatoms. The van der Waals surface area contributed by atoms with Crippen LogP contribution in [-0.2, 0) is 11.2 Å². The highest BCUT2D eigenvalue weighted by Gasteiger charge is 2.23. The number of guanidine groups is 1. The van der Waals surface area contributed by atoms with Gasteiger partial charge in [0, 0.05) is 44.8 Å². The molecule has 1 fully saturated rings. The van der Waals surface area contributed by atoms with E-state index in [0.29, 0.717) is 26.1 Å². The smallest absolute Gasteiger partial charge is 0.409 e. The molecule has 1 aliphatic heterocycles. The molecule has 0 radical (unpaired) electrons. The third kappa shape index (κ3) is 5.95. The zero-order chi connectivity index (χ0) is 21.3. The van der Waals surface area contributed by atoms with Crippen LogP contribution in [-0.4, -0.2) is 66.1 Å². The van der Waals surface area contributed by atoms with Crippen LogP contribution in [0.5, 0.6) is 0 Å². The topological polar surface area (TPSA) is 83.8 Å². The lowest BCUT2D eigenvalue weighted by atomic mass is 10.1. The van der Waals surface area contributed by atoms with E-state index in [9.17, 15) is 9.18 Å². The molecule has 0 saturated carbocycles. The van der Waals surface area contributed by atoms with Crippen molar-refractivity contribution in [2.75, 3.05) is 33.3 Å². The van der Waals surface area contributed by atoms with Gasteiger partial charge in [-0.15, -0.1) is 0 Å². The predicted octanol–water partition coefficient (Wildman–Crippen LogP) is 2.34. The third-order valence-electron chi connectivity index (χ3n) is 4.99. The van der Waals surface area contributed by atoms with E-state index in [1.54, 1.807) is 21.7 Å². The number of halogens is 1. The number of aliphatic imine (C=N–C) groups is 1. The Morgan fingerprint density at radius 3 is 2.67 bits per heavy atom. The second-order valence-corrected chi connectivity index (χ2v) is 7.11. The van der Waals surface area contributed by atoms with Crippen molar-refractivity contribution in [3.63, 3.8) is 0 Å². The molecule has 1 saturated heterocycles. The number of ether oxygens (including phenoxy) is 1. The van der Waals surface area contributed by atoms with E-state index >= 15 is 0 Å². The van der Waals surface area contributed by atoms with Crippen molar-refractivity contribution in [2.24, 2.45) is 4.99 Å². The van der Waals surface area contributed by atoms with Gasteiger partial charge in [-0.3, -0.25) is 4.99 Å². The second-order valence-electron chi connectivity index (χ2n) is 7.11. The van der Waals surface area contributed by atoms with E-state index in [1.807, 2.05) is 19.2 Å². The molecule has 30 heavy (non-hydrogen) atoms. The number of piperidine rings is 1. The summed E-state index contributed by atoms with van der Waals surface area (Å²) in [4.78, 5) is 18.0. The van der Waals surface area contributed by atoms with Gasteiger partial charge in [-0.1, -0.05) is 0 Å². The predicted molar refractivity (Wildman–Crippen MR) is 113 cm³/mol. The maximum atomic E-state index is 13.1. The molecule has 1 aromatic heterocycles. The molecule has 1 aliphatic rings. The lowest BCUT2D eigenvalue weighted by Gasteiger charge is -2.32. The van der Waals surface area contributed by atoms with Crippen molar-refractivity contribution in [1.29, 1.82) is 0 Å². The fourth-order valence-electron chi connectivity index (χ4n) is 3.36. The zero-order valence-electron chi connectivity index (χ0n) is 17.5. The summed E-state index contributed by atoms with van der Waals surface area (Å²) >= 11 is 0. The summed E-state index contributed by atoms with van der Waals surface area (Å²) in [5.74, 6) is 0.506. The molecule has 0 unspecified atom stereocenters. The lowest BCUT2D eigenvalue weighted by Crippen LogP contribution is -2.49. The number of aromatic nitrogens is 2. The fraction of sp³-hybridized carbons (Fsp3) is 0.476. The monoisotopic (exact) mass is 416 g/mol. The van der Waals surface area contributed by atoms with Crippen LogP contribution in [0, 0.1) is 5.82 Å². The Kier molecular flexibility index (Phi) is 7.64. The summed E-state index contributed by atoms with van der Waals surface area (Å²) in [6, 6.07) is 8.45. The number of hydrogen-bond donors (Lipinski definition) is 2. The van der Waals surface area contributed by atoms with Gasteiger partial charge in [0.15, 0.2) is 5.96 Å². The van der Waals surface area contributed by atoms with Gasteiger partial charge in [-0.2, -0.15) is 5.10 Å². The number of amides is 1. The average molecular weight is 417 g/mol. The zero-order valence-corrected chi connectivity index (χ0v) is 17.5. The van der Waals surface area contributed by atoms with Crippen molar-refractivity contribution >= 4 is 12.1 Å². The molecule has 1 aromatic carbocycles. The number of hydrogen-bond acceptors (Lipinski definition) is 4. The molecule has 0 aliphatic carbocycles. The van der Waals surface area contributed by atoms with E-state index in [4.69, 9.17) is 4.74 Å². The van der Waals surface area contributed by atoms with Gasteiger partial charge in [0.25, 0.3) is 0 Å². The van der Waals surface area contributed by atoms with Crippen LogP contribution in [0.25, 0.3) is 5.69 Å². The Morgan fingerprint density at radius 2 is 2.00 bits per heavy atom. The van der Waals surface area contributed by atoms with Gasteiger partial charge in [-0.05, 0) is 50.1 Å². The van der Waals surface area contributed by atoms with E-state index in [2.05, 4.69) is 20.7 Å². The van der Waals surface area contributed by atoms with Crippen LogP contribution in [0.1, 0.15) is 25.5 Å². The number of nitrogens with one attached hydrogen (secondary N) is 2. The van der Waals surface area contributed by atoms with Gasteiger partial charge in [0.2, 0.25) is 0 Å². The van der Waals surface area contributed by atoms with E-state index in [1.165, 1.54) is 19.2 Å². The van der Waals surface area contributed by atoms with Crippen LogP contribution in [0.4, 0.5) is 9.18 Å². The molecule has 162 valence electrons. The summed E-state index contributed by atoms with van der Waals surface area (Å²) < 4.78 is 19.6. The number of nitrogens with zero attached hydrogens (tertiary/aromatic N) is 4. The van der Waals surface area contributed by atoms with Crippen LogP contribution < -0.4 is 10.6 Å². The summed E-state index contributed by atoms with van der Waals surface area (Å²) in [5, 5.41) is 11.3. The molecule has 2 heterocycles. The molecule has 0 atom stereocenters. The Labute approximate surface area is 176 Å². The minimum absolute atomic E-state index is 0.264. The largest absolute Gasteiger partial charge is 0.453 e. The number of methoxy groups -OCH3 is 1. The first-order valence-electron chi connectivity index (χ1n) is 10.3. The number of carbonyl (C=O) groups is 1. The van der Waals surface area contributed by atoms with Crippen LogP contribution in [0.15, 0.2) is 41.5 Å². The Hall–Kier alpha value is -3.10. The highest BCUT2D eigenvalue weighted by atomic mass is 19.1. The molecular weight excluding hydrogens is 387 g/mol. The molecule has 0 spiro atoms. The Morgan fingerprint density at radius 1 is 1.27 bits per heavy atom. The van der Waals surface area contributed by atoms with Crippen molar-refractivity contribution in [3.8, 4) is 5.69 Å². The van der Waals surface area contributed by atoms with Crippen molar-refractivity contribution in [1.82, 2.24) is 25.3 Å². The van der Waals surface area contributed by atoms with E-state index in [0.717, 1.165) is 36.7 Å². The number of rotatable bonds is 6. The third-order valence-corrected chi connectivity index (χ3v) is 4.99. The molecule has 0 bridgehead atoms. The fourth-order valence-corrected chi connectivity index (χ4v) is 3.36. The molecule has 1 amide bonds. The first kappa shape index (κ1) is 21.6. The number of carbonyl (C=O) groups excluding carboxylic acids is 1. The van der Waals surface area contributed by atoms with Gasteiger partial charge >= 0.3 is 6.09 Å². The molecule has 2 aromatic rings. The Bertz CT molecular complexity index is 843. The van der Waals surface area contributed by atoms with E-state index < -0.39 is 0 Å².